The summed E-state index contributed by atoms with van der Waals surface area (Å²) >= 11 is 0. The molecule has 0 spiro atoms. The molecule has 7 N–H and O–H groups in total. The van der Waals surface area contributed by atoms with Gasteiger partial charge in [0.15, 0.2) is 29.7 Å². The average Bonchev–Trinajstić information content (AvgIpc) is 3.29. The predicted octanol–water partition coefficient (Wildman–Crippen LogP) is -1.20. The minimum Gasteiger partial charge on any atom is -0.508 e. The summed E-state index contributed by atoms with van der Waals surface area (Å²) < 4.78 is 37.7. The van der Waals surface area contributed by atoms with E-state index in [0.717, 1.165) is 5.56 Å². The molecular formula is C28H36O15. The van der Waals surface area contributed by atoms with Gasteiger partial charge in [-0.15, -0.1) is 0 Å². The molecule has 8 atom stereocenters. The predicted molar refractivity (Wildman–Crippen MR) is 143 cm³/mol. The number of phenolic OH excluding ortho intramolecular Hbond substituents is 2. The number of hydrogen-bond donors (Lipinski definition) is 7. The number of rotatable bonds is 12. The summed E-state index contributed by atoms with van der Waals surface area (Å²) in [5.74, 6) is -1.27. The molecular weight excluding hydrogens is 576 g/mol. The molecule has 0 aromatic heterocycles. The molecule has 0 aliphatic carbocycles. The molecule has 2 heterocycles. The number of aliphatic hydroxyl groups is 5. The Kier molecular flexibility index (Phi) is 10.7. The smallest absolute Gasteiger partial charge is 0.338 e. The maximum atomic E-state index is 12.7. The summed E-state index contributed by atoms with van der Waals surface area (Å²) in [5, 5.41) is 72.1. The van der Waals surface area contributed by atoms with E-state index in [0.29, 0.717) is 6.42 Å². The molecule has 0 unspecified atom stereocenters. The van der Waals surface area contributed by atoms with Gasteiger partial charge >= 0.3 is 5.97 Å². The first-order valence-corrected chi connectivity index (χ1v) is 13.3. The maximum absolute atomic E-state index is 12.7. The number of methoxy groups -OCH3 is 2. The van der Waals surface area contributed by atoms with Crippen molar-refractivity contribution in [2.24, 2.45) is 0 Å². The van der Waals surface area contributed by atoms with Gasteiger partial charge in [0.1, 0.15) is 42.9 Å². The lowest BCUT2D eigenvalue weighted by Crippen LogP contribution is -2.61. The lowest BCUT2D eigenvalue weighted by molar-refractivity contribution is -0.335. The molecule has 238 valence electrons. The first-order valence-electron chi connectivity index (χ1n) is 13.3. The molecule has 0 saturated carbocycles. The highest BCUT2D eigenvalue weighted by Crippen LogP contribution is 2.37. The van der Waals surface area contributed by atoms with Gasteiger partial charge in [-0.1, -0.05) is 12.1 Å². The Morgan fingerprint density at radius 3 is 2.26 bits per heavy atom. The van der Waals surface area contributed by atoms with Crippen molar-refractivity contribution in [2.45, 2.75) is 55.1 Å². The summed E-state index contributed by atoms with van der Waals surface area (Å²) in [7, 11) is 2.56. The van der Waals surface area contributed by atoms with Crippen LogP contribution in [0.5, 0.6) is 23.0 Å². The van der Waals surface area contributed by atoms with Crippen LogP contribution >= 0.6 is 0 Å². The largest absolute Gasteiger partial charge is 0.508 e. The number of carbonyl (C=O) groups is 1. The fourth-order valence-corrected chi connectivity index (χ4v) is 4.63. The minimum absolute atomic E-state index is 0.0526. The number of hydrogen-bond acceptors (Lipinski definition) is 15. The van der Waals surface area contributed by atoms with E-state index in [2.05, 4.69) is 0 Å². The average molecular weight is 613 g/mol. The van der Waals surface area contributed by atoms with Crippen LogP contribution in [0.25, 0.3) is 0 Å². The number of ether oxygens (including phenoxy) is 7. The van der Waals surface area contributed by atoms with Crippen molar-refractivity contribution in [3.8, 4) is 23.0 Å². The van der Waals surface area contributed by atoms with E-state index >= 15 is 0 Å². The maximum Gasteiger partial charge on any atom is 0.338 e. The van der Waals surface area contributed by atoms with Crippen LogP contribution < -0.4 is 9.47 Å². The number of aromatic hydroxyl groups is 2. The highest BCUT2D eigenvalue weighted by Gasteiger charge is 2.54. The van der Waals surface area contributed by atoms with Gasteiger partial charge in [-0.25, -0.2) is 4.79 Å². The fourth-order valence-electron chi connectivity index (χ4n) is 4.63. The number of phenols is 2. The standard InChI is InChI=1S/C28H36O15/c1-37-17-9-15(10-18(38-2)20(17)31)25(35)40-12-28(36)13-41-27(24(28)34)43-23-22(33)21(32)19(11-29)42-26(23)39-8-7-14-3-5-16(30)6-4-14/h3-6,9-10,19,21-24,26-27,29-34,36H,7-8,11-13H2,1-2H3/t19-,21-,22+,23-,24+,26-,27+,28-/m1/s1. The van der Waals surface area contributed by atoms with Crippen LogP contribution in [0.15, 0.2) is 36.4 Å². The van der Waals surface area contributed by atoms with Crippen LogP contribution in [0, 0.1) is 0 Å². The quantitative estimate of drug-likeness (QED) is 0.140. The van der Waals surface area contributed by atoms with Gasteiger partial charge in [0.05, 0.1) is 39.6 Å². The molecule has 0 amide bonds. The summed E-state index contributed by atoms with van der Waals surface area (Å²) in [6.07, 6.45) is -10.2. The minimum atomic E-state index is -2.13. The van der Waals surface area contributed by atoms with Crippen LogP contribution in [0.4, 0.5) is 0 Å². The summed E-state index contributed by atoms with van der Waals surface area (Å²) in [6, 6.07) is 8.80. The van der Waals surface area contributed by atoms with Gasteiger partial charge in [0, 0.05) is 0 Å². The Balaban J connectivity index is 1.40. The van der Waals surface area contributed by atoms with Crippen molar-refractivity contribution in [1.29, 1.82) is 0 Å². The molecule has 15 heteroatoms. The molecule has 2 aliphatic rings. The van der Waals surface area contributed by atoms with Crippen LogP contribution in [-0.2, 0) is 30.1 Å². The first-order chi connectivity index (χ1) is 20.5. The SMILES string of the molecule is COc1cc(C(=O)OC[C@@]2(O)CO[C@@H](O[C@H]3[C@H](OCCc4ccc(O)cc4)O[C@H](CO)[C@@H](O)[C@@H]3O)[C@@H]2O)cc(OC)c1O. The lowest BCUT2D eigenvalue weighted by Gasteiger charge is -2.42. The Morgan fingerprint density at radius 2 is 1.65 bits per heavy atom. The van der Waals surface area contributed by atoms with Crippen molar-refractivity contribution in [3.05, 3.63) is 47.5 Å². The second-order valence-electron chi connectivity index (χ2n) is 10.1. The number of aliphatic hydroxyl groups excluding tert-OH is 4. The summed E-state index contributed by atoms with van der Waals surface area (Å²) in [4.78, 5) is 12.7. The Bertz CT molecular complexity index is 1200. The summed E-state index contributed by atoms with van der Waals surface area (Å²) in [5.41, 5.74) is -1.38. The highest BCUT2D eigenvalue weighted by atomic mass is 16.8. The third-order valence-corrected chi connectivity index (χ3v) is 7.20. The van der Waals surface area contributed by atoms with Crippen molar-refractivity contribution in [1.82, 2.24) is 0 Å². The zero-order valence-corrected chi connectivity index (χ0v) is 23.4. The number of benzene rings is 2. The molecule has 2 fully saturated rings. The van der Waals surface area contributed by atoms with E-state index < -0.39 is 74.5 Å². The lowest BCUT2D eigenvalue weighted by atomic mass is 9.98. The molecule has 4 rings (SSSR count). The Labute approximate surface area is 246 Å². The van der Waals surface area contributed by atoms with Crippen LogP contribution in [0.2, 0.25) is 0 Å². The summed E-state index contributed by atoms with van der Waals surface area (Å²) in [6.45, 7) is -1.84. The topological polar surface area (TPSA) is 223 Å². The second-order valence-corrected chi connectivity index (χ2v) is 10.1. The number of carbonyl (C=O) groups excluding carboxylic acids is 1. The van der Waals surface area contributed by atoms with Gasteiger partial charge in [-0.2, -0.15) is 0 Å². The Hall–Kier alpha value is -3.25. The van der Waals surface area contributed by atoms with Gasteiger partial charge in [-0.05, 0) is 36.2 Å². The van der Waals surface area contributed by atoms with Crippen molar-refractivity contribution < 1.29 is 73.7 Å². The van der Waals surface area contributed by atoms with Crippen LogP contribution in [0.1, 0.15) is 15.9 Å². The van der Waals surface area contributed by atoms with E-state index in [9.17, 15) is 40.5 Å². The third kappa shape index (κ3) is 7.29. The molecule has 15 nitrogen and oxygen atoms in total. The van der Waals surface area contributed by atoms with E-state index in [1.165, 1.54) is 38.5 Å². The van der Waals surface area contributed by atoms with E-state index in [1.54, 1.807) is 12.1 Å². The molecule has 0 bridgehead atoms. The van der Waals surface area contributed by atoms with E-state index in [1.807, 2.05) is 0 Å². The molecule has 43 heavy (non-hydrogen) atoms. The van der Waals surface area contributed by atoms with E-state index in [-0.39, 0.29) is 35.2 Å². The third-order valence-electron chi connectivity index (χ3n) is 7.20. The van der Waals surface area contributed by atoms with Crippen molar-refractivity contribution in [3.63, 3.8) is 0 Å². The van der Waals surface area contributed by atoms with E-state index in [4.69, 9.17) is 33.2 Å². The zero-order chi connectivity index (χ0) is 31.3. The van der Waals surface area contributed by atoms with Gasteiger partial charge in [0.2, 0.25) is 5.75 Å². The van der Waals surface area contributed by atoms with Gasteiger partial charge in [0.25, 0.3) is 0 Å². The zero-order valence-electron chi connectivity index (χ0n) is 23.4. The second kappa shape index (κ2) is 14.0. The molecule has 2 aromatic carbocycles. The molecule has 2 aliphatic heterocycles. The van der Waals surface area contributed by atoms with Crippen molar-refractivity contribution >= 4 is 5.97 Å². The molecule has 2 saturated heterocycles. The number of esters is 1. The van der Waals surface area contributed by atoms with Crippen LogP contribution in [0.3, 0.4) is 0 Å². The molecule has 0 radical (unpaired) electrons. The van der Waals surface area contributed by atoms with Gasteiger partial charge < -0.3 is 68.9 Å². The molecule has 2 aromatic rings. The van der Waals surface area contributed by atoms with Gasteiger partial charge in [-0.3, -0.25) is 0 Å². The first kappa shape index (κ1) is 32.7. The van der Waals surface area contributed by atoms with Crippen LogP contribution in [-0.4, -0.2) is 131 Å². The highest BCUT2D eigenvalue weighted by molar-refractivity contribution is 5.91. The normalized spacial score (nSPS) is 30.6. The monoisotopic (exact) mass is 612 g/mol. The Morgan fingerprint density at radius 1 is 1.00 bits per heavy atom. The van der Waals surface area contributed by atoms with Crippen molar-refractivity contribution in [2.75, 3.05) is 40.6 Å². The fraction of sp³-hybridized carbons (Fsp3) is 0.536.